The second-order valence-corrected chi connectivity index (χ2v) is 4.67. The molecule has 1 aromatic carbocycles. The highest BCUT2D eigenvalue weighted by molar-refractivity contribution is 6.02. The minimum Gasteiger partial charge on any atom is -0.481 e. The Balaban J connectivity index is 2.35. The average Bonchev–Trinajstić information content (AvgIpc) is 2.46. The molecule has 1 aromatic heterocycles. The Morgan fingerprint density at radius 3 is 2.45 bits per heavy atom. The fraction of sp³-hybridized carbons (Fsp3) is 0.188. The van der Waals surface area contributed by atoms with E-state index in [9.17, 15) is 9.59 Å². The molecule has 1 unspecified atom stereocenters. The first-order chi connectivity index (χ1) is 9.58. The zero-order valence-corrected chi connectivity index (χ0v) is 11.1. The predicted octanol–water partition coefficient (Wildman–Crippen LogP) is 2.83. The van der Waals surface area contributed by atoms with Crippen LogP contribution in [0.25, 0.3) is 0 Å². The topological polar surface area (TPSA) is 67.3 Å². The van der Waals surface area contributed by atoms with Crippen molar-refractivity contribution >= 4 is 11.8 Å². The predicted molar refractivity (Wildman–Crippen MR) is 74.7 cm³/mol. The fourth-order valence-electron chi connectivity index (χ4n) is 2.05. The number of aryl methyl sites for hydroxylation is 1. The van der Waals surface area contributed by atoms with Gasteiger partial charge in [0.1, 0.15) is 0 Å². The number of pyridine rings is 1. The molecule has 102 valence electrons. The number of aromatic nitrogens is 1. The lowest BCUT2D eigenvalue weighted by molar-refractivity contribution is -0.137. The Morgan fingerprint density at radius 2 is 1.90 bits per heavy atom. The molecule has 20 heavy (non-hydrogen) atoms. The van der Waals surface area contributed by atoms with Gasteiger partial charge in [0.15, 0.2) is 5.78 Å². The van der Waals surface area contributed by atoms with Gasteiger partial charge in [-0.05, 0) is 24.6 Å². The van der Waals surface area contributed by atoms with Crippen LogP contribution in [0.3, 0.4) is 0 Å². The number of aliphatic carboxylic acids is 1. The number of benzene rings is 1. The Labute approximate surface area is 117 Å². The van der Waals surface area contributed by atoms with Gasteiger partial charge in [-0.15, -0.1) is 0 Å². The molecule has 0 spiro atoms. The quantitative estimate of drug-likeness (QED) is 0.847. The van der Waals surface area contributed by atoms with Crippen LogP contribution in [0.5, 0.6) is 0 Å². The van der Waals surface area contributed by atoms with Crippen LogP contribution < -0.4 is 0 Å². The summed E-state index contributed by atoms with van der Waals surface area (Å²) in [6.07, 6.45) is 2.82. The maximum Gasteiger partial charge on any atom is 0.304 e. The number of hydrogen-bond acceptors (Lipinski definition) is 3. The van der Waals surface area contributed by atoms with Crippen LogP contribution in [0.2, 0.25) is 0 Å². The van der Waals surface area contributed by atoms with Gasteiger partial charge in [0, 0.05) is 18.0 Å². The van der Waals surface area contributed by atoms with E-state index in [2.05, 4.69) is 4.98 Å². The van der Waals surface area contributed by atoms with Crippen molar-refractivity contribution in [2.24, 2.45) is 0 Å². The van der Waals surface area contributed by atoms with E-state index in [-0.39, 0.29) is 12.2 Å². The molecule has 1 atom stereocenters. The van der Waals surface area contributed by atoms with Crippen molar-refractivity contribution < 1.29 is 14.7 Å². The molecule has 0 aliphatic carbocycles. The maximum absolute atomic E-state index is 12.5. The second kappa shape index (κ2) is 6.10. The van der Waals surface area contributed by atoms with Crippen LogP contribution >= 0.6 is 0 Å². The summed E-state index contributed by atoms with van der Waals surface area (Å²) in [4.78, 5) is 27.4. The van der Waals surface area contributed by atoms with Gasteiger partial charge in [0.05, 0.1) is 12.3 Å². The highest BCUT2D eigenvalue weighted by Gasteiger charge is 2.24. The third kappa shape index (κ3) is 3.29. The minimum absolute atomic E-state index is 0.218. The smallest absolute Gasteiger partial charge is 0.304 e. The minimum atomic E-state index is -0.993. The van der Waals surface area contributed by atoms with Crippen LogP contribution in [0.15, 0.2) is 48.8 Å². The lowest BCUT2D eigenvalue weighted by atomic mass is 9.88. The van der Waals surface area contributed by atoms with E-state index >= 15 is 0 Å². The first-order valence-electron chi connectivity index (χ1n) is 6.30. The number of carbonyl (C=O) groups excluding carboxylic acids is 1. The molecule has 1 N–H and O–H groups in total. The van der Waals surface area contributed by atoms with Crippen molar-refractivity contribution in [3.63, 3.8) is 0 Å². The van der Waals surface area contributed by atoms with Gasteiger partial charge >= 0.3 is 5.97 Å². The van der Waals surface area contributed by atoms with Gasteiger partial charge in [-0.3, -0.25) is 14.6 Å². The molecule has 0 saturated carbocycles. The van der Waals surface area contributed by atoms with Crippen molar-refractivity contribution in [3.8, 4) is 0 Å². The third-order valence-corrected chi connectivity index (χ3v) is 3.12. The monoisotopic (exact) mass is 269 g/mol. The van der Waals surface area contributed by atoms with Crippen molar-refractivity contribution in [1.29, 1.82) is 0 Å². The Morgan fingerprint density at radius 1 is 1.20 bits per heavy atom. The molecule has 4 nitrogen and oxygen atoms in total. The summed E-state index contributed by atoms with van der Waals surface area (Å²) in [5, 5.41) is 9.03. The molecule has 1 heterocycles. The summed E-state index contributed by atoms with van der Waals surface area (Å²) in [7, 11) is 0. The number of carboxylic acid groups (broad SMARTS) is 1. The molecule has 0 radical (unpaired) electrons. The Bertz CT molecular complexity index is 605. The number of rotatable bonds is 5. The molecule has 2 rings (SSSR count). The number of nitrogens with zero attached hydrogens (tertiary/aromatic N) is 1. The molecular formula is C16H15NO3. The van der Waals surface area contributed by atoms with Gasteiger partial charge in [0.25, 0.3) is 0 Å². The van der Waals surface area contributed by atoms with Crippen LogP contribution in [-0.2, 0) is 4.79 Å². The Hall–Kier alpha value is -2.49. The van der Waals surface area contributed by atoms with Crippen molar-refractivity contribution in [3.05, 3.63) is 65.5 Å². The second-order valence-electron chi connectivity index (χ2n) is 4.67. The van der Waals surface area contributed by atoms with Crippen molar-refractivity contribution in [2.75, 3.05) is 0 Å². The van der Waals surface area contributed by atoms with Gasteiger partial charge in [-0.2, -0.15) is 0 Å². The number of hydrogen-bond donors (Lipinski definition) is 1. The van der Waals surface area contributed by atoms with Crippen molar-refractivity contribution in [1.82, 2.24) is 4.98 Å². The fourth-order valence-corrected chi connectivity index (χ4v) is 2.05. The molecule has 0 aliphatic rings. The highest BCUT2D eigenvalue weighted by Crippen LogP contribution is 2.24. The molecule has 0 fully saturated rings. The Kier molecular flexibility index (Phi) is 4.25. The highest BCUT2D eigenvalue weighted by atomic mass is 16.4. The van der Waals surface area contributed by atoms with E-state index in [4.69, 9.17) is 5.11 Å². The number of carboxylic acids is 1. The number of Topliss-reactive ketones (excluding diaryl/α,β-unsaturated/α-hetero) is 1. The third-order valence-electron chi connectivity index (χ3n) is 3.12. The molecule has 0 aliphatic heterocycles. The van der Waals surface area contributed by atoms with Gasteiger partial charge in [0.2, 0.25) is 0 Å². The average molecular weight is 269 g/mol. The summed E-state index contributed by atoms with van der Waals surface area (Å²) in [6.45, 7) is 1.94. The van der Waals surface area contributed by atoms with E-state index in [1.807, 2.05) is 19.1 Å². The summed E-state index contributed by atoms with van der Waals surface area (Å²) in [6, 6.07) is 10.7. The van der Waals surface area contributed by atoms with Crippen LogP contribution in [0.1, 0.15) is 33.8 Å². The lowest BCUT2D eigenvalue weighted by Crippen LogP contribution is -2.17. The zero-order valence-electron chi connectivity index (χ0n) is 11.1. The molecule has 0 saturated heterocycles. The van der Waals surface area contributed by atoms with Crippen LogP contribution in [0, 0.1) is 6.92 Å². The summed E-state index contributed by atoms with van der Waals surface area (Å²) in [5.74, 6) is -1.89. The van der Waals surface area contributed by atoms with Gasteiger partial charge in [-0.1, -0.05) is 29.8 Å². The molecule has 0 amide bonds. The van der Waals surface area contributed by atoms with E-state index < -0.39 is 11.9 Å². The van der Waals surface area contributed by atoms with Crippen molar-refractivity contribution in [2.45, 2.75) is 19.3 Å². The first-order valence-corrected chi connectivity index (χ1v) is 6.30. The number of carbonyl (C=O) groups is 2. The lowest BCUT2D eigenvalue weighted by Gasteiger charge is -2.14. The van der Waals surface area contributed by atoms with Gasteiger partial charge in [-0.25, -0.2) is 0 Å². The molecule has 0 bridgehead atoms. The zero-order chi connectivity index (χ0) is 14.5. The molecular weight excluding hydrogens is 254 g/mol. The summed E-state index contributed by atoms with van der Waals surface area (Å²) in [5.41, 5.74) is 2.21. The van der Waals surface area contributed by atoms with E-state index in [1.165, 1.54) is 6.20 Å². The standard InChI is InChI=1S/C16H15NO3/c1-11-4-6-12(7-5-11)14(9-15(18)19)16(20)13-3-2-8-17-10-13/h2-8,10,14H,9H2,1H3,(H,18,19). The number of ketones is 1. The van der Waals surface area contributed by atoms with Crippen LogP contribution in [-0.4, -0.2) is 21.8 Å². The summed E-state index contributed by atoms with van der Waals surface area (Å²) >= 11 is 0. The van der Waals surface area contributed by atoms with E-state index in [0.717, 1.165) is 5.56 Å². The first kappa shape index (κ1) is 13.9. The molecule has 4 heteroatoms. The SMILES string of the molecule is Cc1ccc(C(CC(=O)O)C(=O)c2cccnc2)cc1. The van der Waals surface area contributed by atoms with E-state index in [1.54, 1.807) is 30.5 Å². The van der Waals surface area contributed by atoms with Gasteiger partial charge < -0.3 is 5.11 Å². The summed E-state index contributed by atoms with van der Waals surface area (Å²) < 4.78 is 0. The van der Waals surface area contributed by atoms with Crippen LogP contribution in [0.4, 0.5) is 0 Å². The maximum atomic E-state index is 12.5. The normalized spacial score (nSPS) is 11.8. The molecule has 2 aromatic rings. The largest absolute Gasteiger partial charge is 0.481 e. The van der Waals surface area contributed by atoms with E-state index in [0.29, 0.717) is 11.1 Å².